The van der Waals surface area contributed by atoms with Crippen LogP contribution in [-0.4, -0.2) is 62.2 Å². The zero-order chi connectivity index (χ0) is 19.1. The summed E-state index contributed by atoms with van der Waals surface area (Å²) in [7, 11) is 1.57. The molecule has 5 heteroatoms. The van der Waals surface area contributed by atoms with Gasteiger partial charge in [-0.2, -0.15) is 0 Å². The van der Waals surface area contributed by atoms with Crippen LogP contribution in [0.2, 0.25) is 0 Å². The van der Waals surface area contributed by atoms with Gasteiger partial charge < -0.3 is 14.4 Å². The molecular formula is C22H30N2O3. The molecule has 0 atom stereocenters. The zero-order valence-corrected chi connectivity index (χ0v) is 16.4. The molecule has 0 aromatic heterocycles. The Morgan fingerprint density at radius 3 is 2.74 bits per heavy atom. The highest BCUT2D eigenvalue weighted by molar-refractivity contribution is 5.87. The van der Waals surface area contributed by atoms with Crippen molar-refractivity contribution in [3.05, 3.63) is 42.0 Å². The molecule has 0 spiro atoms. The van der Waals surface area contributed by atoms with Gasteiger partial charge in [0.2, 0.25) is 5.91 Å². The van der Waals surface area contributed by atoms with Crippen molar-refractivity contribution in [2.75, 3.05) is 46.5 Å². The lowest BCUT2D eigenvalue weighted by atomic mass is 10.0. The van der Waals surface area contributed by atoms with Gasteiger partial charge in [0, 0.05) is 45.4 Å². The molecule has 1 aliphatic heterocycles. The van der Waals surface area contributed by atoms with Crippen molar-refractivity contribution >= 4 is 16.7 Å². The van der Waals surface area contributed by atoms with Crippen LogP contribution in [0.5, 0.6) is 5.75 Å². The number of carbonyl (C=O) groups excluding carboxylic acids is 1. The van der Waals surface area contributed by atoms with Crippen molar-refractivity contribution in [1.29, 1.82) is 0 Å². The molecule has 2 aromatic rings. The van der Waals surface area contributed by atoms with Gasteiger partial charge in [-0.3, -0.25) is 9.69 Å². The lowest BCUT2D eigenvalue weighted by Gasteiger charge is -2.23. The molecule has 146 valence electrons. The van der Waals surface area contributed by atoms with Crippen LogP contribution in [0.1, 0.15) is 25.3 Å². The fraction of sp³-hybridized carbons (Fsp3) is 0.500. The molecule has 5 nitrogen and oxygen atoms in total. The van der Waals surface area contributed by atoms with E-state index < -0.39 is 0 Å². The van der Waals surface area contributed by atoms with Crippen molar-refractivity contribution in [3.8, 4) is 5.75 Å². The van der Waals surface area contributed by atoms with Crippen LogP contribution in [0.3, 0.4) is 0 Å². The normalized spacial score (nSPS) is 15.7. The Morgan fingerprint density at radius 2 is 1.93 bits per heavy atom. The van der Waals surface area contributed by atoms with E-state index in [9.17, 15) is 4.79 Å². The van der Waals surface area contributed by atoms with E-state index in [0.717, 1.165) is 57.9 Å². The second kappa shape index (κ2) is 9.72. The molecule has 2 aromatic carbocycles. The third-order valence-electron chi connectivity index (χ3n) is 5.05. The maximum atomic E-state index is 12.1. The average molecular weight is 370 g/mol. The Kier molecular flexibility index (Phi) is 7.07. The molecule has 1 amide bonds. The van der Waals surface area contributed by atoms with E-state index in [-0.39, 0.29) is 12.5 Å². The molecule has 0 radical (unpaired) electrons. The van der Waals surface area contributed by atoms with Gasteiger partial charge >= 0.3 is 0 Å². The van der Waals surface area contributed by atoms with E-state index in [1.165, 1.54) is 16.3 Å². The second-order valence-electron chi connectivity index (χ2n) is 7.06. The Labute approximate surface area is 161 Å². The number of methoxy groups -OCH3 is 1. The van der Waals surface area contributed by atoms with Crippen LogP contribution in [0.4, 0.5) is 0 Å². The number of hydrogen-bond donors (Lipinski definition) is 0. The van der Waals surface area contributed by atoms with Gasteiger partial charge in [-0.1, -0.05) is 37.3 Å². The summed E-state index contributed by atoms with van der Waals surface area (Å²) in [4.78, 5) is 16.5. The van der Waals surface area contributed by atoms with Gasteiger partial charge in [0.05, 0.1) is 6.61 Å². The number of carbonyl (C=O) groups is 1. The molecule has 3 rings (SSSR count). The van der Waals surface area contributed by atoms with Crippen LogP contribution >= 0.6 is 0 Å². The van der Waals surface area contributed by atoms with Gasteiger partial charge in [-0.25, -0.2) is 0 Å². The highest BCUT2D eigenvalue weighted by atomic mass is 16.5. The van der Waals surface area contributed by atoms with E-state index in [1.54, 1.807) is 7.11 Å². The highest BCUT2D eigenvalue weighted by Crippen LogP contribution is 2.30. The average Bonchev–Trinajstić information content (AvgIpc) is 2.93. The predicted octanol–water partition coefficient (Wildman–Crippen LogP) is 3.31. The first-order chi connectivity index (χ1) is 13.2. The second-order valence-corrected chi connectivity index (χ2v) is 7.06. The van der Waals surface area contributed by atoms with Gasteiger partial charge in [0.25, 0.3) is 0 Å². The third kappa shape index (κ3) is 4.99. The fourth-order valence-electron chi connectivity index (χ4n) is 3.64. The first-order valence-electron chi connectivity index (χ1n) is 9.85. The van der Waals surface area contributed by atoms with Crippen LogP contribution < -0.4 is 4.74 Å². The lowest BCUT2D eigenvalue weighted by molar-refractivity contribution is -0.135. The largest absolute Gasteiger partial charge is 0.493 e. The molecule has 0 unspecified atom stereocenters. The molecule has 1 saturated heterocycles. The summed E-state index contributed by atoms with van der Waals surface area (Å²) in [5, 5.41) is 2.49. The molecule has 0 N–H and O–H groups in total. The van der Waals surface area contributed by atoms with Crippen molar-refractivity contribution in [1.82, 2.24) is 9.80 Å². The number of ether oxygens (including phenoxy) is 2. The molecule has 0 bridgehead atoms. The highest BCUT2D eigenvalue weighted by Gasteiger charge is 2.20. The summed E-state index contributed by atoms with van der Waals surface area (Å²) in [6, 6.07) is 12.7. The molecule has 1 aliphatic rings. The Hall–Kier alpha value is -2.11. The summed E-state index contributed by atoms with van der Waals surface area (Å²) in [5.74, 6) is 1.06. The number of benzene rings is 2. The number of fused-ring (bicyclic) bond motifs is 1. The number of amides is 1. The number of hydrogen-bond acceptors (Lipinski definition) is 4. The van der Waals surface area contributed by atoms with E-state index in [0.29, 0.717) is 0 Å². The Morgan fingerprint density at radius 1 is 1.07 bits per heavy atom. The first-order valence-corrected chi connectivity index (χ1v) is 9.85. The molecule has 1 fully saturated rings. The topological polar surface area (TPSA) is 42.0 Å². The number of nitrogens with zero attached hydrogens (tertiary/aromatic N) is 2. The quantitative estimate of drug-likeness (QED) is 0.750. The summed E-state index contributed by atoms with van der Waals surface area (Å²) in [6.45, 7) is 7.25. The fourth-order valence-corrected chi connectivity index (χ4v) is 3.64. The zero-order valence-electron chi connectivity index (χ0n) is 16.4. The first kappa shape index (κ1) is 19.6. The van der Waals surface area contributed by atoms with E-state index in [2.05, 4.69) is 48.2 Å². The van der Waals surface area contributed by atoms with Gasteiger partial charge in [0.15, 0.2) is 0 Å². The third-order valence-corrected chi connectivity index (χ3v) is 5.05. The van der Waals surface area contributed by atoms with E-state index in [4.69, 9.17) is 9.47 Å². The van der Waals surface area contributed by atoms with Gasteiger partial charge in [0.1, 0.15) is 12.4 Å². The molecule has 0 saturated carbocycles. The van der Waals surface area contributed by atoms with Crippen LogP contribution in [0.25, 0.3) is 10.8 Å². The van der Waals surface area contributed by atoms with Crippen molar-refractivity contribution in [2.45, 2.75) is 26.3 Å². The maximum Gasteiger partial charge on any atom is 0.248 e. The molecule has 1 heterocycles. The minimum Gasteiger partial charge on any atom is -0.493 e. The summed E-state index contributed by atoms with van der Waals surface area (Å²) < 4.78 is 11.1. The number of rotatable bonds is 7. The van der Waals surface area contributed by atoms with Crippen LogP contribution in [0, 0.1) is 0 Å². The van der Waals surface area contributed by atoms with E-state index >= 15 is 0 Å². The Bertz CT molecular complexity index is 762. The molecule has 27 heavy (non-hydrogen) atoms. The standard InChI is InChI=1S/C22H30N2O3/c1-3-15-27-21-10-9-18-7-4-5-8-19(18)20(21)16-23-11-6-12-24(14-13-23)22(25)17-26-2/h4-5,7-10H,3,6,11-17H2,1-2H3. The minimum absolute atomic E-state index is 0.0801. The molecular weight excluding hydrogens is 340 g/mol. The monoisotopic (exact) mass is 370 g/mol. The summed E-state index contributed by atoms with van der Waals surface area (Å²) >= 11 is 0. The van der Waals surface area contributed by atoms with Crippen molar-refractivity contribution < 1.29 is 14.3 Å². The van der Waals surface area contributed by atoms with Gasteiger partial charge in [-0.15, -0.1) is 0 Å². The SMILES string of the molecule is CCCOc1ccc2ccccc2c1CN1CCCN(C(=O)COC)CC1. The molecule has 0 aliphatic carbocycles. The Balaban J connectivity index is 1.77. The van der Waals surface area contributed by atoms with E-state index in [1.807, 2.05) is 4.90 Å². The van der Waals surface area contributed by atoms with Crippen molar-refractivity contribution in [3.63, 3.8) is 0 Å². The lowest BCUT2D eigenvalue weighted by Crippen LogP contribution is -2.37. The smallest absolute Gasteiger partial charge is 0.248 e. The summed E-state index contributed by atoms with van der Waals surface area (Å²) in [6.07, 6.45) is 1.97. The van der Waals surface area contributed by atoms with Crippen LogP contribution in [0.15, 0.2) is 36.4 Å². The minimum atomic E-state index is 0.0801. The summed E-state index contributed by atoms with van der Waals surface area (Å²) in [5.41, 5.74) is 1.25. The van der Waals surface area contributed by atoms with Crippen molar-refractivity contribution in [2.24, 2.45) is 0 Å². The predicted molar refractivity (Wildman–Crippen MR) is 108 cm³/mol. The van der Waals surface area contributed by atoms with Gasteiger partial charge in [-0.05, 0) is 29.7 Å². The van der Waals surface area contributed by atoms with Crippen LogP contribution in [-0.2, 0) is 16.1 Å². The maximum absolute atomic E-state index is 12.1.